The van der Waals surface area contributed by atoms with Crippen molar-refractivity contribution in [3.8, 4) is 5.75 Å². The van der Waals surface area contributed by atoms with E-state index in [-0.39, 0.29) is 17.1 Å². The molecule has 0 aromatic heterocycles. The van der Waals surface area contributed by atoms with E-state index in [9.17, 15) is 13.0 Å². The highest BCUT2D eigenvalue weighted by Gasteiger charge is 2.31. The largest absolute Gasteiger partial charge is 0.483 e. The molecule has 0 amide bonds. The maximum absolute atomic E-state index is 14.6. The van der Waals surface area contributed by atoms with Crippen molar-refractivity contribution in [1.82, 2.24) is 0 Å². The Morgan fingerprint density at radius 3 is 2.44 bits per heavy atom. The smallest absolute Gasteiger partial charge is 0.259 e. The Morgan fingerprint density at radius 2 is 1.84 bits per heavy atom. The molecule has 2 N–H and O–H groups in total. The summed E-state index contributed by atoms with van der Waals surface area (Å²) in [7, 11) is 0. The molecule has 2 aromatic rings. The lowest BCUT2D eigenvalue weighted by molar-refractivity contribution is 0.158. The van der Waals surface area contributed by atoms with Crippen LogP contribution in [0.1, 0.15) is 30.5 Å². The lowest BCUT2D eigenvalue weighted by atomic mass is 9.87. The Morgan fingerprint density at radius 1 is 1.20 bits per heavy atom. The molecule has 0 aliphatic carbocycles. The minimum absolute atomic E-state index is 0.117. The number of benzene rings is 2. The number of anilines is 1. The van der Waals surface area contributed by atoms with Gasteiger partial charge in [0, 0.05) is 11.6 Å². The van der Waals surface area contributed by atoms with E-state index in [4.69, 9.17) is 9.29 Å². The SMILES string of the molecule is Cc1c(F)c(NS(=O)O)cc2c1C(c1ccc(F)cc1)=CC(C)(C)O2. The quantitative estimate of drug-likeness (QED) is 0.792. The summed E-state index contributed by atoms with van der Waals surface area (Å²) in [6, 6.07) is 7.30. The molecule has 0 spiro atoms. The maximum atomic E-state index is 14.6. The zero-order chi connectivity index (χ0) is 18.4. The van der Waals surface area contributed by atoms with Crippen molar-refractivity contribution in [3.05, 3.63) is 64.7 Å². The van der Waals surface area contributed by atoms with Crippen LogP contribution in [0.5, 0.6) is 5.75 Å². The highest BCUT2D eigenvalue weighted by atomic mass is 32.2. The average Bonchev–Trinajstić information content (AvgIpc) is 2.51. The second-order valence-corrected chi connectivity index (χ2v) is 7.06. The van der Waals surface area contributed by atoms with E-state index in [0.717, 1.165) is 11.1 Å². The van der Waals surface area contributed by atoms with Crippen LogP contribution >= 0.6 is 0 Å². The average molecular weight is 365 g/mol. The second-order valence-electron chi connectivity index (χ2n) is 6.36. The van der Waals surface area contributed by atoms with Crippen molar-refractivity contribution >= 4 is 22.5 Å². The fourth-order valence-electron chi connectivity index (χ4n) is 2.94. The molecular weight excluding hydrogens is 348 g/mol. The number of hydrogen-bond acceptors (Lipinski definition) is 2. The molecule has 1 aliphatic heterocycles. The van der Waals surface area contributed by atoms with E-state index in [1.54, 1.807) is 19.1 Å². The number of rotatable bonds is 3. The third kappa shape index (κ3) is 3.43. The number of ether oxygens (including phenoxy) is 1. The third-order valence-corrected chi connectivity index (χ3v) is 4.34. The van der Waals surface area contributed by atoms with Crippen LogP contribution in [0.2, 0.25) is 0 Å². The molecule has 1 aliphatic rings. The first kappa shape index (κ1) is 17.6. The molecule has 4 nitrogen and oxygen atoms in total. The molecule has 0 saturated heterocycles. The maximum Gasteiger partial charge on any atom is 0.259 e. The Kier molecular flexibility index (Phi) is 4.38. The van der Waals surface area contributed by atoms with Gasteiger partial charge in [-0.05, 0) is 55.7 Å². The molecule has 7 heteroatoms. The Balaban J connectivity index is 2.23. The van der Waals surface area contributed by atoms with E-state index >= 15 is 0 Å². The first-order valence-electron chi connectivity index (χ1n) is 7.57. The van der Waals surface area contributed by atoms with Gasteiger partial charge in [-0.2, -0.15) is 0 Å². The molecule has 25 heavy (non-hydrogen) atoms. The summed E-state index contributed by atoms with van der Waals surface area (Å²) in [4.78, 5) is 0. The molecule has 0 radical (unpaired) electrons. The number of hydrogen-bond donors (Lipinski definition) is 2. The predicted molar refractivity (Wildman–Crippen MR) is 93.7 cm³/mol. The number of fused-ring (bicyclic) bond motifs is 1. The van der Waals surface area contributed by atoms with Gasteiger partial charge in [0.15, 0.2) is 5.82 Å². The lowest BCUT2D eigenvalue weighted by Gasteiger charge is -2.33. The first-order valence-corrected chi connectivity index (χ1v) is 8.67. The zero-order valence-electron chi connectivity index (χ0n) is 13.9. The second kappa shape index (κ2) is 6.24. The van der Waals surface area contributed by atoms with Crippen LogP contribution in [-0.2, 0) is 11.3 Å². The Hall–Kier alpha value is -2.25. The lowest BCUT2D eigenvalue weighted by Crippen LogP contribution is -2.30. The third-order valence-electron chi connectivity index (χ3n) is 3.95. The van der Waals surface area contributed by atoms with Gasteiger partial charge in [0.1, 0.15) is 17.2 Å². The number of halogens is 2. The fraction of sp³-hybridized carbons (Fsp3) is 0.222. The molecule has 1 heterocycles. The van der Waals surface area contributed by atoms with Gasteiger partial charge in [0.25, 0.3) is 11.3 Å². The summed E-state index contributed by atoms with van der Waals surface area (Å²) in [5.74, 6) is -0.611. The molecule has 0 bridgehead atoms. The monoisotopic (exact) mass is 365 g/mol. The Labute approximate surface area is 146 Å². The van der Waals surface area contributed by atoms with Gasteiger partial charge in [-0.3, -0.25) is 9.27 Å². The van der Waals surface area contributed by atoms with Gasteiger partial charge in [-0.15, -0.1) is 0 Å². The predicted octanol–water partition coefficient (Wildman–Crippen LogP) is 4.42. The van der Waals surface area contributed by atoms with E-state index in [2.05, 4.69) is 4.72 Å². The van der Waals surface area contributed by atoms with Gasteiger partial charge in [0.05, 0.1) is 5.69 Å². The van der Waals surface area contributed by atoms with Gasteiger partial charge in [0.2, 0.25) is 0 Å². The fourth-order valence-corrected chi connectivity index (χ4v) is 3.27. The molecule has 1 atom stereocenters. The van der Waals surface area contributed by atoms with Crippen LogP contribution in [0, 0.1) is 18.6 Å². The highest BCUT2D eigenvalue weighted by Crippen LogP contribution is 2.44. The van der Waals surface area contributed by atoms with Crippen molar-refractivity contribution in [2.45, 2.75) is 26.4 Å². The minimum atomic E-state index is -2.40. The van der Waals surface area contributed by atoms with Crippen molar-refractivity contribution in [2.24, 2.45) is 0 Å². The zero-order valence-corrected chi connectivity index (χ0v) is 14.7. The molecule has 1 unspecified atom stereocenters. The molecule has 132 valence electrons. The number of nitrogens with one attached hydrogen (secondary N) is 1. The van der Waals surface area contributed by atoms with Gasteiger partial charge in [-0.25, -0.2) is 13.0 Å². The normalized spacial score (nSPS) is 16.5. The van der Waals surface area contributed by atoms with E-state index in [1.165, 1.54) is 18.2 Å². The molecular formula is C18H17F2NO3S. The van der Waals surface area contributed by atoms with Crippen LogP contribution in [-0.4, -0.2) is 14.4 Å². The highest BCUT2D eigenvalue weighted by molar-refractivity contribution is 7.80. The summed E-state index contributed by atoms with van der Waals surface area (Å²) in [5, 5.41) is 0. The molecule has 0 saturated carbocycles. The minimum Gasteiger partial charge on any atom is -0.483 e. The van der Waals surface area contributed by atoms with Crippen LogP contribution in [0.15, 0.2) is 36.4 Å². The first-order chi connectivity index (χ1) is 11.7. The molecule has 2 aromatic carbocycles. The standard InChI is InChI=1S/C18H17F2NO3S/c1-10-16-13(11-4-6-12(19)7-5-11)9-18(2,3)24-15(16)8-14(17(10)20)21-25(22)23/h4-9,21H,1-3H3,(H,22,23). The van der Waals surface area contributed by atoms with Gasteiger partial charge >= 0.3 is 0 Å². The summed E-state index contributed by atoms with van der Waals surface area (Å²) >= 11 is -2.40. The topological polar surface area (TPSA) is 58.6 Å². The van der Waals surface area contributed by atoms with E-state index in [1.807, 2.05) is 19.9 Å². The van der Waals surface area contributed by atoms with Crippen molar-refractivity contribution in [1.29, 1.82) is 0 Å². The van der Waals surface area contributed by atoms with E-state index in [0.29, 0.717) is 11.3 Å². The van der Waals surface area contributed by atoms with Crippen LogP contribution in [0.25, 0.3) is 5.57 Å². The summed E-state index contributed by atoms with van der Waals surface area (Å²) < 4.78 is 56.0. The van der Waals surface area contributed by atoms with Gasteiger partial charge < -0.3 is 4.74 Å². The van der Waals surface area contributed by atoms with Gasteiger partial charge in [-0.1, -0.05) is 12.1 Å². The summed E-state index contributed by atoms with van der Waals surface area (Å²) in [5.41, 5.74) is 1.46. The van der Waals surface area contributed by atoms with Crippen molar-refractivity contribution in [3.63, 3.8) is 0 Å². The van der Waals surface area contributed by atoms with Crippen molar-refractivity contribution < 1.29 is 22.3 Å². The Bertz CT molecular complexity index is 892. The summed E-state index contributed by atoms with van der Waals surface area (Å²) in [6.07, 6.45) is 1.85. The van der Waals surface area contributed by atoms with E-state index < -0.39 is 22.7 Å². The summed E-state index contributed by atoms with van der Waals surface area (Å²) in [6.45, 7) is 5.25. The van der Waals surface area contributed by atoms with Crippen molar-refractivity contribution in [2.75, 3.05) is 4.72 Å². The van der Waals surface area contributed by atoms with Crippen LogP contribution < -0.4 is 9.46 Å². The van der Waals surface area contributed by atoms with Crippen LogP contribution in [0.4, 0.5) is 14.5 Å². The molecule has 3 rings (SSSR count). The van der Waals surface area contributed by atoms with Crippen LogP contribution in [0.3, 0.4) is 0 Å². The molecule has 0 fully saturated rings.